The maximum Gasteiger partial charge on any atom is 0.258 e. The summed E-state index contributed by atoms with van der Waals surface area (Å²) < 4.78 is 22.6. The third-order valence-corrected chi connectivity index (χ3v) is 8.55. The molecule has 3 aliphatic rings. The second kappa shape index (κ2) is 12.0. The van der Waals surface area contributed by atoms with Gasteiger partial charge in [0.05, 0.1) is 30.7 Å². The Morgan fingerprint density at radius 1 is 1.07 bits per heavy atom. The second-order valence-corrected chi connectivity index (χ2v) is 11.3. The van der Waals surface area contributed by atoms with E-state index in [0.717, 1.165) is 67.8 Å². The number of aryl methyl sites for hydroxylation is 1. The van der Waals surface area contributed by atoms with E-state index in [0.29, 0.717) is 13.2 Å². The molecule has 6 rings (SSSR count). The summed E-state index contributed by atoms with van der Waals surface area (Å²) in [5.74, 6) is 1.13. The lowest BCUT2D eigenvalue weighted by Gasteiger charge is -2.35. The molecule has 0 unspecified atom stereocenters. The monoisotopic (exact) mass is 546 g/mol. The number of ether oxygens (including phenoxy) is 1. The number of nitrogens with zero attached hydrogens (tertiary/aromatic N) is 5. The Labute approximate surface area is 235 Å². The maximum atomic E-state index is 15.1. The van der Waals surface area contributed by atoms with Gasteiger partial charge in [-0.3, -0.25) is 9.48 Å². The Kier molecular flexibility index (Phi) is 8.02. The topological polar surface area (TPSA) is 65.9 Å². The summed E-state index contributed by atoms with van der Waals surface area (Å²) in [5.41, 5.74) is 2.71. The van der Waals surface area contributed by atoms with Crippen molar-refractivity contribution in [3.8, 4) is 5.75 Å². The summed E-state index contributed by atoms with van der Waals surface area (Å²) >= 11 is 0. The lowest BCUT2D eigenvalue weighted by molar-refractivity contribution is 0.0985. The van der Waals surface area contributed by atoms with Gasteiger partial charge in [-0.15, -0.1) is 0 Å². The van der Waals surface area contributed by atoms with E-state index in [1.54, 1.807) is 27.9 Å². The number of para-hydroxylation sites is 2. The van der Waals surface area contributed by atoms with Gasteiger partial charge < -0.3 is 24.8 Å². The maximum absolute atomic E-state index is 15.1. The number of fused-ring (bicyclic) bond motifs is 2. The summed E-state index contributed by atoms with van der Waals surface area (Å²) in [7, 11) is 1.86. The molecule has 0 atom stereocenters. The minimum absolute atomic E-state index is 0.186. The number of anilines is 3. The molecule has 0 spiro atoms. The number of carbonyl (C=O) groups is 1. The summed E-state index contributed by atoms with van der Waals surface area (Å²) in [6.45, 7) is 7.46. The number of amides is 1. The highest BCUT2D eigenvalue weighted by Gasteiger charge is 2.27. The third-order valence-electron chi connectivity index (χ3n) is 8.55. The highest BCUT2D eigenvalue weighted by molar-refractivity contribution is 6.08. The van der Waals surface area contributed by atoms with Crippen molar-refractivity contribution < 1.29 is 13.9 Å². The first-order chi connectivity index (χ1) is 19.5. The van der Waals surface area contributed by atoms with Crippen molar-refractivity contribution >= 4 is 23.1 Å². The van der Waals surface area contributed by atoms with Crippen LogP contribution in [-0.2, 0) is 13.6 Å². The SMILES string of the molecule is Cn1ncc2c1Nc1ccccc1N(C(=O)c1ccc(OCCCN3CCN(CC4CCCC4)CC3)c(F)c1)C2. The van der Waals surface area contributed by atoms with Crippen molar-refractivity contribution in [3.63, 3.8) is 0 Å². The zero-order valence-electron chi connectivity index (χ0n) is 23.3. The number of hydrogen-bond donors (Lipinski definition) is 1. The molecule has 1 saturated heterocycles. The van der Waals surface area contributed by atoms with Crippen LogP contribution < -0.4 is 15.0 Å². The smallest absolute Gasteiger partial charge is 0.258 e. The molecule has 2 fully saturated rings. The lowest BCUT2D eigenvalue weighted by atomic mass is 10.1. The van der Waals surface area contributed by atoms with Crippen LogP contribution in [0, 0.1) is 11.7 Å². The van der Waals surface area contributed by atoms with Crippen LogP contribution in [0.15, 0.2) is 48.7 Å². The number of nitrogens with one attached hydrogen (secondary N) is 1. The predicted octanol–water partition coefficient (Wildman–Crippen LogP) is 5.04. The summed E-state index contributed by atoms with van der Waals surface area (Å²) in [5, 5.41) is 7.71. The molecule has 1 amide bonds. The molecule has 3 heterocycles. The fourth-order valence-electron chi connectivity index (χ4n) is 6.27. The van der Waals surface area contributed by atoms with E-state index in [2.05, 4.69) is 20.2 Å². The number of carbonyl (C=O) groups excluding carboxylic acids is 1. The van der Waals surface area contributed by atoms with Gasteiger partial charge in [-0.05, 0) is 55.5 Å². The lowest BCUT2D eigenvalue weighted by Crippen LogP contribution is -2.47. The standard InChI is InChI=1S/C31H39FN6O2/c1-35-30-25(20-33-35)22-38(28-10-5-4-9-27(28)34-30)31(39)24-11-12-29(26(32)19-24)40-18-6-13-36-14-16-37(17-15-36)21-23-7-2-3-8-23/h4-5,9-12,19-20,23,34H,2-3,6-8,13-18,21-22H2,1H3. The number of halogens is 1. The molecule has 0 radical (unpaired) electrons. The Hall–Kier alpha value is -3.43. The van der Waals surface area contributed by atoms with Crippen molar-refractivity contribution in [3.05, 3.63) is 65.6 Å². The Morgan fingerprint density at radius 3 is 2.65 bits per heavy atom. The van der Waals surface area contributed by atoms with Crippen molar-refractivity contribution in [2.45, 2.75) is 38.6 Å². The quantitative estimate of drug-likeness (QED) is 0.400. The van der Waals surface area contributed by atoms with Gasteiger partial charge >= 0.3 is 0 Å². The van der Waals surface area contributed by atoms with Crippen molar-refractivity contribution in [2.24, 2.45) is 13.0 Å². The molecule has 40 heavy (non-hydrogen) atoms. The largest absolute Gasteiger partial charge is 0.490 e. The molecule has 8 nitrogen and oxygen atoms in total. The molecule has 1 aliphatic carbocycles. The molecule has 3 aromatic rings. The van der Waals surface area contributed by atoms with Gasteiger partial charge in [-0.1, -0.05) is 25.0 Å². The van der Waals surface area contributed by atoms with E-state index < -0.39 is 5.82 Å². The van der Waals surface area contributed by atoms with Crippen molar-refractivity contribution in [1.29, 1.82) is 0 Å². The van der Waals surface area contributed by atoms with Crippen LogP contribution in [-0.4, -0.2) is 71.4 Å². The van der Waals surface area contributed by atoms with Crippen LogP contribution in [0.3, 0.4) is 0 Å². The molecule has 1 N–H and O–H groups in total. The fourth-order valence-corrected chi connectivity index (χ4v) is 6.27. The van der Waals surface area contributed by atoms with Gasteiger partial charge in [0, 0.05) is 57.4 Å². The van der Waals surface area contributed by atoms with Gasteiger partial charge in [-0.25, -0.2) is 4.39 Å². The third kappa shape index (κ3) is 5.86. The molecular weight excluding hydrogens is 507 g/mol. The van der Waals surface area contributed by atoms with Crippen molar-refractivity contribution in [1.82, 2.24) is 19.6 Å². The molecular formula is C31H39FN6O2. The second-order valence-electron chi connectivity index (χ2n) is 11.3. The number of piperazine rings is 1. The van der Waals surface area contributed by atoms with Gasteiger partial charge in [-0.2, -0.15) is 5.10 Å². The van der Waals surface area contributed by atoms with E-state index in [1.165, 1.54) is 38.3 Å². The molecule has 1 saturated carbocycles. The van der Waals surface area contributed by atoms with Gasteiger partial charge in [0.1, 0.15) is 5.82 Å². The summed E-state index contributed by atoms with van der Waals surface area (Å²) in [6.07, 6.45) is 8.21. The number of benzene rings is 2. The van der Waals surface area contributed by atoms with Gasteiger partial charge in [0.15, 0.2) is 11.6 Å². The Balaban J connectivity index is 1.02. The minimum atomic E-state index is -0.519. The van der Waals surface area contributed by atoms with Crippen LogP contribution in [0.4, 0.5) is 21.6 Å². The van der Waals surface area contributed by atoms with Gasteiger partial charge in [0.2, 0.25) is 0 Å². The average Bonchev–Trinajstić information content (AvgIpc) is 3.57. The Morgan fingerprint density at radius 2 is 1.85 bits per heavy atom. The van der Waals surface area contributed by atoms with Crippen LogP contribution in [0.1, 0.15) is 48.0 Å². The average molecular weight is 547 g/mol. The first kappa shape index (κ1) is 26.8. The highest BCUT2D eigenvalue weighted by Crippen LogP contribution is 2.36. The van der Waals surface area contributed by atoms with E-state index >= 15 is 4.39 Å². The van der Waals surface area contributed by atoms with Crippen molar-refractivity contribution in [2.75, 3.05) is 56.1 Å². The molecule has 1 aromatic heterocycles. The van der Waals surface area contributed by atoms with Crippen LogP contribution in [0.5, 0.6) is 5.75 Å². The van der Waals surface area contributed by atoms with Crippen LogP contribution in [0.2, 0.25) is 0 Å². The number of hydrogen-bond acceptors (Lipinski definition) is 6. The van der Waals surface area contributed by atoms with E-state index in [4.69, 9.17) is 4.74 Å². The molecule has 2 aliphatic heterocycles. The predicted molar refractivity (Wildman–Crippen MR) is 155 cm³/mol. The first-order valence-corrected chi connectivity index (χ1v) is 14.6. The fraction of sp³-hybridized carbons (Fsp3) is 0.484. The molecule has 212 valence electrons. The molecule has 0 bridgehead atoms. The highest BCUT2D eigenvalue weighted by atomic mass is 19.1. The van der Waals surface area contributed by atoms with E-state index in [1.807, 2.05) is 31.3 Å². The molecule has 2 aromatic carbocycles. The van der Waals surface area contributed by atoms with Crippen LogP contribution >= 0.6 is 0 Å². The van der Waals surface area contributed by atoms with Gasteiger partial charge in [0.25, 0.3) is 5.91 Å². The normalized spacial score (nSPS) is 18.2. The number of rotatable bonds is 8. The first-order valence-electron chi connectivity index (χ1n) is 14.6. The zero-order valence-corrected chi connectivity index (χ0v) is 23.3. The number of aromatic nitrogens is 2. The van der Waals surface area contributed by atoms with E-state index in [9.17, 15) is 4.79 Å². The summed E-state index contributed by atoms with van der Waals surface area (Å²) in [6, 6.07) is 12.1. The molecule has 9 heteroatoms. The zero-order chi connectivity index (χ0) is 27.5. The minimum Gasteiger partial charge on any atom is -0.490 e. The summed E-state index contributed by atoms with van der Waals surface area (Å²) in [4.78, 5) is 20.4. The Bertz CT molecular complexity index is 1330. The van der Waals surface area contributed by atoms with E-state index in [-0.39, 0.29) is 17.2 Å². The van der Waals surface area contributed by atoms with Crippen LogP contribution in [0.25, 0.3) is 0 Å².